The van der Waals surface area contributed by atoms with Crippen LogP contribution in [-0.4, -0.2) is 46.0 Å². The topological polar surface area (TPSA) is 54.5 Å². The van der Waals surface area contributed by atoms with Gasteiger partial charge in [0.25, 0.3) is 5.17 Å². The van der Waals surface area contributed by atoms with E-state index in [1.165, 1.54) is 0 Å². The number of hydrogen-bond donors (Lipinski definition) is 1. The van der Waals surface area contributed by atoms with E-state index in [9.17, 15) is 4.79 Å². The van der Waals surface area contributed by atoms with Gasteiger partial charge in [-0.25, -0.2) is 4.98 Å². The molecule has 21 heavy (non-hydrogen) atoms. The number of hydrogen-bond acceptors (Lipinski definition) is 5. The maximum Gasteiger partial charge on any atom is 0.266 e. The van der Waals surface area contributed by atoms with Gasteiger partial charge in [-0.1, -0.05) is 6.07 Å². The molecule has 0 radical (unpaired) electrons. The normalized spacial score (nSPS) is 17.8. The van der Waals surface area contributed by atoms with Crippen molar-refractivity contribution in [3.8, 4) is 5.88 Å². The van der Waals surface area contributed by atoms with Crippen LogP contribution in [0.3, 0.4) is 0 Å². The molecule has 0 amide bonds. The first kappa shape index (κ1) is 15.9. The largest absolute Gasteiger partial charge is 0.413 e. The molecule has 0 unspecified atom stereocenters. The molecule has 0 spiro atoms. The van der Waals surface area contributed by atoms with Crippen molar-refractivity contribution >= 4 is 23.2 Å². The van der Waals surface area contributed by atoms with E-state index < -0.39 is 0 Å². The van der Waals surface area contributed by atoms with Crippen molar-refractivity contribution in [2.75, 3.05) is 13.1 Å². The summed E-state index contributed by atoms with van der Waals surface area (Å²) < 4.78 is 5.57. The van der Waals surface area contributed by atoms with Crippen molar-refractivity contribution in [3.05, 3.63) is 24.4 Å². The van der Waals surface area contributed by atoms with Crippen LogP contribution < -0.4 is 10.1 Å². The van der Waals surface area contributed by atoms with Gasteiger partial charge < -0.3 is 15.0 Å². The van der Waals surface area contributed by atoms with Crippen molar-refractivity contribution in [2.45, 2.75) is 38.8 Å². The first-order chi connectivity index (χ1) is 10.1. The number of rotatable bonds is 5. The molecule has 1 aromatic rings. The molecule has 5 nitrogen and oxygen atoms in total. The van der Waals surface area contributed by atoms with Crippen molar-refractivity contribution in [2.24, 2.45) is 0 Å². The lowest BCUT2D eigenvalue weighted by atomic mass is 10.1. The summed E-state index contributed by atoms with van der Waals surface area (Å²) in [6, 6.07) is 5.42. The summed E-state index contributed by atoms with van der Waals surface area (Å²) in [6.45, 7) is 5.15. The zero-order chi connectivity index (χ0) is 15.2. The first-order valence-electron chi connectivity index (χ1n) is 7.23. The van der Waals surface area contributed by atoms with Crippen LogP contribution in [0, 0.1) is 0 Å². The number of thiocarbonyl (C=S) groups is 1. The van der Waals surface area contributed by atoms with Gasteiger partial charge in [-0.05, 0) is 51.5 Å². The fourth-order valence-electron chi connectivity index (χ4n) is 2.25. The highest BCUT2D eigenvalue weighted by molar-refractivity contribution is 7.80. The minimum atomic E-state index is -0.0519. The zero-order valence-corrected chi connectivity index (χ0v) is 13.2. The Bertz CT molecular complexity index is 487. The van der Waals surface area contributed by atoms with Crippen LogP contribution in [0.2, 0.25) is 0 Å². The van der Waals surface area contributed by atoms with Crippen LogP contribution in [0.5, 0.6) is 5.88 Å². The predicted molar refractivity (Wildman–Crippen MR) is 85.3 cm³/mol. The summed E-state index contributed by atoms with van der Waals surface area (Å²) in [6.07, 6.45) is 3.59. The molecule has 114 valence electrons. The van der Waals surface area contributed by atoms with Crippen LogP contribution in [-0.2, 0) is 4.79 Å². The Hall–Kier alpha value is -1.53. The minimum Gasteiger partial charge on any atom is -0.413 e. The number of aromatic nitrogens is 1. The molecule has 0 bridgehead atoms. The van der Waals surface area contributed by atoms with Gasteiger partial charge in [0.2, 0.25) is 5.88 Å². The van der Waals surface area contributed by atoms with E-state index in [0.29, 0.717) is 5.88 Å². The van der Waals surface area contributed by atoms with Gasteiger partial charge in [0.15, 0.2) is 5.78 Å². The molecule has 2 rings (SSSR count). The van der Waals surface area contributed by atoms with Gasteiger partial charge in [0.1, 0.15) is 0 Å². The smallest absolute Gasteiger partial charge is 0.266 e. The van der Waals surface area contributed by atoms with Crippen LogP contribution in [0.25, 0.3) is 0 Å². The van der Waals surface area contributed by atoms with Gasteiger partial charge in [0.05, 0.1) is 12.6 Å². The molecule has 1 aliphatic rings. The summed E-state index contributed by atoms with van der Waals surface area (Å²) in [5.74, 6) is 0.604. The number of nitrogens with zero attached hydrogens (tertiary/aromatic N) is 2. The molecule has 1 atom stereocenters. The Morgan fingerprint density at radius 3 is 2.95 bits per heavy atom. The number of ether oxygens (including phenoxy) is 1. The van der Waals surface area contributed by atoms with Crippen molar-refractivity contribution in [1.29, 1.82) is 0 Å². The Morgan fingerprint density at radius 2 is 2.38 bits per heavy atom. The molecule has 2 heterocycles. The second-order valence-electron chi connectivity index (χ2n) is 5.37. The Morgan fingerprint density at radius 1 is 1.57 bits per heavy atom. The molecule has 0 aliphatic carbocycles. The van der Waals surface area contributed by atoms with Crippen LogP contribution >= 0.6 is 12.2 Å². The van der Waals surface area contributed by atoms with Gasteiger partial charge in [-0.15, -0.1) is 0 Å². The number of pyridine rings is 1. The average molecular weight is 307 g/mol. The van der Waals surface area contributed by atoms with Gasteiger partial charge in [0, 0.05) is 18.3 Å². The summed E-state index contributed by atoms with van der Waals surface area (Å²) in [5, 5.41) is 3.50. The zero-order valence-electron chi connectivity index (χ0n) is 12.4. The standard InChI is InChI=1S/C15H21N3O2S/c1-11(2)18(10-13(19)12-6-5-9-16-12)15(21)20-14-7-3-4-8-17-14/h3-4,7-8,11-12,16H,5-6,9-10H2,1-2H3/t12-/m0/s1. The van der Waals surface area contributed by atoms with E-state index >= 15 is 0 Å². The lowest BCUT2D eigenvalue weighted by molar-refractivity contribution is -0.121. The summed E-state index contributed by atoms with van der Waals surface area (Å²) >= 11 is 5.32. The number of nitrogens with one attached hydrogen (secondary N) is 1. The molecule has 1 fully saturated rings. The molecular formula is C15H21N3O2S. The molecule has 0 saturated carbocycles. The molecule has 1 N–H and O–H groups in total. The Kier molecular flexibility index (Phi) is 5.64. The highest BCUT2D eigenvalue weighted by Gasteiger charge is 2.26. The lowest BCUT2D eigenvalue weighted by Crippen LogP contribution is -2.46. The quantitative estimate of drug-likeness (QED) is 0.837. The number of carbonyl (C=O) groups excluding carboxylic acids is 1. The SMILES string of the molecule is CC(C)N(CC(=O)[C@@H]1CCCN1)C(=S)Oc1ccccn1. The summed E-state index contributed by atoms with van der Waals surface area (Å²) in [4.78, 5) is 18.2. The molecule has 1 saturated heterocycles. The van der Waals surface area contributed by atoms with E-state index in [2.05, 4.69) is 10.3 Å². The van der Waals surface area contributed by atoms with Gasteiger partial charge in [-0.3, -0.25) is 4.79 Å². The van der Waals surface area contributed by atoms with Gasteiger partial charge in [-0.2, -0.15) is 0 Å². The van der Waals surface area contributed by atoms with Crippen LogP contribution in [0.15, 0.2) is 24.4 Å². The highest BCUT2D eigenvalue weighted by atomic mass is 32.1. The molecular weight excluding hydrogens is 286 g/mol. The number of Topliss-reactive ketones (excluding diaryl/α,β-unsaturated/α-hetero) is 1. The third kappa shape index (κ3) is 4.47. The van der Waals surface area contributed by atoms with Crippen LogP contribution in [0.1, 0.15) is 26.7 Å². The Labute approximate surface area is 130 Å². The van der Waals surface area contributed by atoms with Crippen LogP contribution in [0.4, 0.5) is 0 Å². The molecule has 1 aliphatic heterocycles. The highest BCUT2D eigenvalue weighted by Crippen LogP contribution is 2.11. The number of ketones is 1. The van der Waals surface area contributed by atoms with E-state index in [1.54, 1.807) is 17.2 Å². The van der Waals surface area contributed by atoms with E-state index in [-0.39, 0.29) is 29.6 Å². The number of carbonyl (C=O) groups is 1. The minimum absolute atomic E-state index is 0.0519. The Balaban J connectivity index is 1.97. The maximum atomic E-state index is 12.3. The summed E-state index contributed by atoms with van der Waals surface area (Å²) in [7, 11) is 0. The molecule has 0 aromatic carbocycles. The average Bonchev–Trinajstić information content (AvgIpc) is 2.99. The first-order valence-corrected chi connectivity index (χ1v) is 7.64. The van der Waals surface area contributed by atoms with E-state index in [0.717, 1.165) is 19.4 Å². The molecule has 6 heteroatoms. The van der Waals surface area contributed by atoms with Crippen molar-refractivity contribution < 1.29 is 9.53 Å². The fraction of sp³-hybridized carbons (Fsp3) is 0.533. The third-order valence-electron chi connectivity index (χ3n) is 3.46. The maximum absolute atomic E-state index is 12.3. The lowest BCUT2D eigenvalue weighted by Gasteiger charge is -2.28. The fourth-order valence-corrected chi connectivity index (χ4v) is 2.61. The van der Waals surface area contributed by atoms with Gasteiger partial charge >= 0.3 is 0 Å². The third-order valence-corrected chi connectivity index (χ3v) is 3.78. The van der Waals surface area contributed by atoms with Crippen molar-refractivity contribution in [1.82, 2.24) is 15.2 Å². The van der Waals surface area contributed by atoms with E-state index in [1.807, 2.05) is 26.0 Å². The monoisotopic (exact) mass is 307 g/mol. The second kappa shape index (κ2) is 7.47. The van der Waals surface area contributed by atoms with E-state index in [4.69, 9.17) is 17.0 Å². The molecule has 1 aromatic heterocycles. The van der Waals surface area contributed by atoms with Crippen molar-refractivity contribution in [3.63, 3.8) is 0 Å². The second-order valence-corrected chi connectivity index (χ2v) is 5.72. The summed E-state index contributed by atoms with van der Waals surface area (Å²) in [5.41, 5.74) is 0. The predicted octanol–water partition coefficient (Wildman–Crippen LogP) is 1.78.